The van der Waals surface area contributed by atoms with Gasteiger partial charge < -0.3 is 9.97 Å². The highest BCUT2D eigenvalue weighted by atomic mass is 32.2. The minimum absolute atomic E-state index is 0.0738. The first-order chi connectivity index (χ1) is 14.9. The van der Waals surface area contributed by atoms with E-state index in [0.717, 1.165) is 11.0 Å². The Morgan fingerprint density at radius 1 is 1.00 bits per heavy atom. The molecule has 0 atom stereocenters. The summed E-state index contributed by atoms with van der Waals surface area (Å²) in [6.07, 6.45) is 0. The molecule has 2 aromatic carbocycles. The molecule has 0 aliphatic carbocycles. The molecule has 5 aromatic rings. The molecule has 11 heteroatoms. The molecule has 5 rings (SSSR count). The van der Waals surface area contributed by atoms with Crippen molar-refractivity contribution in [2.24, 2.45) is 5.84 Å². The number of imidazole rings is 1. The third-order valence-electron chi connectivity index (χ3n) is 5.12. The number of nitrogen functional groups attached to an aromatic ring is 1. The van der Waals surface area contributed by atoms with E-state index in [4.69, 9.17) is 5.84 Å². The summed E-state index contributed by atoms with van der Waals surface area (Å²) in [7, 11) is -2.29. The number of hydrogen-bond acceptors (Lipinski definition) is 6. The summed E-state index contributed by atoms with van der Waals surface area (Å²) in [5.74, 6) is 5.26. The number of nitrogens with zero attached hydrogens (tertiary/aromatic N) is 2. The fourth-order valence-electron chi connectivity index (χ4n) is 3.59. The number of H-pyrrole nitrogens is 2. The molecular formula is C20H17N7O3S. The molecule has 1 amide bonds. The van der Waals surface area contributed by atoms with Crippen LogP contribution in [0.1, 0.15) is 10.5 Å². The summed E-state index contributed by atoms with van der Waals surface area (Å²) in [4.78, 5) is 27.9. The van der Waals surface area contributed by atoms with E-state index in [9.17, 15) is 13.2 Å². The fraction of sp³-hybridized carbons (Fsp3) is 0.0500. The lowest BCUT2D eigenvalue weighted by Crippen LogP contribution is -2.31. The Balaban J connectivity index is 1.83. The zero-order chi connectivity index (χ0) is 21.8. The highest BCUT2D eigenvalue weighted by Gasteiger charge is 2.20. The maximum Gasteiger partial charge on any atom is 0.285 e. The van der Waals surface area contributed by atoms with Crippen molar-refractivity contribution in [1.82, 2.24) is 30.1 Å². The quantitative estimate of drug-likeness (QED) is 0.164. The second-order valence-corrected chi connectivity index (χ2v) is 8.78. The number of aromatic nitrogens is 4. The molecule has 0 radical (unpaired) electrons. The van der Waals surface area contributed by atoms with Gasteiger partial charge in [0.2, 0.25) is 10.0 Å². The lowest BCUT2D eigenvalue weighted by molar-refractivity contribution is 0.0950. The first-order valence-electron chi connectivity index (χ1n) is 9.27. The van der Waals surface area contributed by atoms with E-state index in [0.29, 0.717) is 33.3 Å². The van der Waals surface area contributed by atoms with Gasteiger partial charge in [-0.3, -0.25) is 10.2 Å². The first-order valence-corrected chi connectivity index (χ1v) is 10.8. The van der Waals surface area contributed by atoms with Crippen molar-refractivity contribution in [3.63, 3.8) is 0 Å². The number of hydrogen-bond donors (Lipinski definition) is 5. The Morgan fingerprint density at radius 3 is 2.55 bits per heavy atom. The normalized spacial score (nSPS) is 12.1. The number of nitrogens with two attached hydrogens (primary N) is 1. The summed E-state index contributed by atoms with van der Waals surface area (Å²) in [5, 5.41) is 1.24. The lowest BCUT2D eigenvalue weighted by atomic mass is 10.1. The zero-order valence-corrected chi connectivity index (χ0v) is 17.0. The fourth-order valence-corrected chi connectivity index (χ4v) is 4.34. The van der Waals surface area contributed by atoms with E-state index in [-0.39, 0.29) is 10.6 Å². The van der Waals surface area contributed by atoms with Crippen molar-refractivity contribution in [3.8, 4) is 11.5 Å². The van der Waals surface area contributed by atoms with E-state index in [1.807, 2.05) is 24.3 Å². The molecule has 3 aromatic heterocycles. The van der Waals surface area contributed by atoms with Gasteiger partial charge in [-0.15, -0.1) is 0 Å². The van der Waals surface area contributed by atoms with Crippen LogP contribution in [0, 0.1) is 0 Å². The molecule has 0 saturated heterocycles. The summed E-state index contributed by atoms with van der Waals surface area (Å²) in [6.45, 7) is 0. The third kappa shape index (κ3) is 3.03. The minimum atomic E-state index is -3.64. The van der Waals surface area contributed by atoms with Crippen molar-refractivity contribution in [1.29, 1.82) is 0 Å². The summed E-state index contributed by atoms with van der Waals surface area (Å²) >= 11 is 0. The molecule has 0 spiro atoms. The smallest absolute Gasteiger partial charge is 0.285 e. The third-order valence-corrected chi connectivity index (χ3v) is 6.53. The standard InChI is InChI=1S/C20H17N7O3S/c1-22-31(29,30)10-6-7-13-11(8-10)12-9-16(24-18(17(12)23-13)20(28)27-21)19-25-14-4-2-3-5-15(14)26-19/h2-9,22-23H,21H2,1H3,(H,25,26)(H,27,28). The van der Waals surface area contributed by atoms with Crippen LogP contribution in [0.3, 0.4) is 0 Å². The number of sulfonamides is 1. The van der Waals surface area contributed by atoms with E-state index < -0.39 is 15.9 Å². The molecule has 6 N–H and O–H groups in total. The summed E-state index contributed by atoms with van der Waals surface area (Å²) in [6, 6.07) is 13.9. The van der Waals surface area contributed by atoms with Crippen LogP contribution in [-0.4, -0.2) is 41.3 Å². The number of nitrogens with one attached hydrogen (secondary N) is 4. The van der Waals surface area contributed by atoms with Gasteiger partial charge in [-0.25, -0.2) is 29.0 Å². The van der Waals surface area contributed by atoms with Gasteiger partial charge in [0.25, 0.3) is 5.91 Å². The van der Waals surface area contributed by atoms with Crippen molar-refractivity contribution < 1.29 is 13.2 Å². The van der Waals surface area contributed by atoms with Crippen LogP contribution in [-0.2, 0) is 10.0 Å². The molecule has 0 saturated carbocycles. The number of amides is 1. The van der Waals surface area contributed by atoms with E-state index in [2.05, 4.69) is 30.1 Å². The SMILES string of the molecule is CNS(=O)(=O)c1ccc2[nH]c3c(C(=O)NN)nc(-c4nc5ccccc5[nH]4)cc3c2c1. The van der Waals surface area contributed by atoms with Gasteiger partial charge in [-0.1, -0.05) is 12.1 Å². The minimum Gasteiger partial charge on any atom is -0.353 e. The maximum atomic E-state index is 12.5. The van der Waals surface area contributed by atoms with Crippen LogP contribution >= 0.6 is 0 Å². The molecule has 31 heavy (non-hydrogen) atoms. The largest absolute Gasteiger partial charge is 0.353 e. The molecule has 0 unspecified atom stereocenters. The van der Waals surface area contributed by atoms with Crippen molar-refractivity contribution in [2.45, 2.75) is 4.90 Å². The molecule has 0 bridgehead atoms. The number of benzene rings is 2. The zero-order valence-electron chi connectivity index (χ0n) is 16.2. The van der Waals surface area contributed by atoms with Gasteiger partial charge >= 0.3 is 0 Å². The molecule has 156 valence electrons. The molecule has 0 aliphatic rings. The second-order valence-electron chi connectivity index (χ2n) is 6.89. The van der Waals surface area contributed by atoms with Gasteiger partial charge in [0.15, 0.2) is 11.5 Å². The monoisotopic (exact) mass is 435 g/mol. The Hall–Kier alpha value is -3.80. The summed E-state index contributed by atoms with van der Waals surface area (Å²) in [5.41, 5.74) is 5.28. The number of carbonyl (C=O) groups is 1. The predicted octanol–water partition coefficient (Wildman–Crippen LogP) is 1.77. The van der Waals surface area contributed by atoms with Gasteiger partial charge in [-0.2, -0.15) is 0 Å². The highest BCUT2D eigenvalue weighted by molar-refractivity contribution is 7.89. The van der Waals surface area contributed by atoms with Crippen molar-refractivity contribution >= 4 is 48.8 Å². The van der Waals surface area contributed by atoms with Crippen LogP contribution in [0.2, 0.25) is 0 Å². The molecule has 3 heterocycles. The molecule has 0 fully saturated rings. The molecule has 10 nitrogen and oxygen atoms in total. The Labute approximate surface area is 175 Å². The lowest BCUT2D eigenvalue weighted by Gasteiger charge is -2.05. The number of pyridine rings is 1. The average molecular weight is 435 g/mol. The van der Waals surface area contributed by atoms with E-state index in [1.165, 1.54) is 13.1 Å². The topological polar surface area (TPSA) is 159 Å². The number of fused-ring (bicyclic) bond motifs is 4. The Morgan fingerprint density at radius 2 is 1.81 bits per heavy atom. The van der Waals surface area contributed by atoms with E-state index in [1.54, 1.807) is 18.2 Å². The Bertz CT molecular complexity index is 1570. The number of hydrazine groups is 1. The van der Waals surface area contributed by atoms with Crippen molar-refractivity contribution in [3.05, 3.63) is 54.2 Å². The number of aromatic amines is 2. The number of carbonyl (C=O) groups excluding carboxylic acids is 1. The van der Waals surface area contributed by atoms with Gasteiger partial charge in [0.1, 0.15) is 5.69 Å². The maximum absolute atomic E-state index is 12.5. The van der Waals surface area contributed by atoms with Crippen LogP contribution in [0.5, 0.6) is 0 Å². The van der Waals surface area contributed by atoms with Gasteiger partial charge in [-0.05, 0) is 43.4 Å². The van der Waals surface area contributed by atoms with Crippen LogP contribution in [0.25, 0.3) is 44.4 Å². The van der Waals surface area contributed by atoms with E-state index >= 15 is 0 Å². The Kier molecular flexibility index (Phi) is 4.25. The number of para-hydroxylation sites is 2. The van der Waals surface area contributed by atoms with Crippen LogP contribution in [0.4, 0.5) is 0 Å². The summed E-state index contributed by atoms with van der Waals surface area (Å²) < 4.78 is 26.9. The van der Waals surface area contributed by atoms with Gasteiger partial charge in [0.05, 0.1) is 21.4 Å². The van der Waals surface area contributed by atoms with Gasteiger partial charge in [0, 0.05) is 16.3 Å². The van der Waals surface area contributed by atoms with Crippen molar-refractivity contribution in [2.75, 3.05) is 7.05 Å². The highest BCUT2D eigenvalue weighted by Crippen LogP contribution is 2.32. The second kappa shape index (κ2) is 6.87. The molecular weight excluding hydrogens is 418 g/mol. The predicted molar refractivity (Wildman–Crippen MR) is 117 cm³/mol. The molecule has 0 aliphatic heterocycles. The van der Waals surface area contributed by atoms with Crippen LogP contribution in [0.15, 0.2) is 53.4 Å². The average Bonchev–Trinajstić information content (AvgIpc) is 3.38. The van der Waals surface area contributed by atoms with Crippen LogP contribution < -0.4 is 16.0 Å². The first kappa shape index (κ1) is 19.2. The number of rotatable bonds is 4.